The quantitative estimate of drug-likeness (QED) is 0.687. The van der Waals surface area contributed by atoms with Crippen molar-refractivity contribution < 1.29 is 9.53 Å². The van der Waals surface area contributed by atoms with Crippen molar-refractivity contribution in [3.05, 3.63) is 70.8 Å². The lowest BCUT2D eigenvalue weighted by Gasteiger charge is -2.45. The third-order valence-electron chi connectivity index (χ3n) is 6.63. The standard InChI is InChI=1S/C24H28O2/c1-26-23(25)20-13-14-22-19(16-20)10-7-12-21-11-5-6-15-24(21,22)17-18-8-3-2-4-9-18/h2-4,8-9,13-14,16,21H,5-7,10-12,15,17H2,1H3/t21?,24-/m0/s1. The number of esters is 1. The van der Waals surface area contributed by atoms with E-state index in [2.05, 4.69) is 42.5 Å². The van der Waals surface area contributed by atoms with Gasteiger partial charge in [0.15, 0.2) is 0 Å². The highest BCUT2D eigenvalue weighted by molar-refractivity contribution is 5.89. The van der Waals surface area contributed by atoms with E-state index in [1.807, 2.05) is 6.07 Å². The van der Waals surface area contributed by atoms with Crippen LogP contribution in [0.1, 0.15) is 65.6 Å². The Bertz CT molecular complexity index is 780. The highest BCUT2D eigenvalue weighted by Crippen LogP contribution is 2.51. The molecule has 0 amide bonds. The van der Waals surface area contributed by atoms with Crippen LogP contribution in [0, 0.1) is 5.92 Å². The van der Waals surface area contributed by atoms with Gasteiger partial charge in [-0.3, -0.25) is 0 Å². The number of fused-ring (bicyclic) bond motifs is 3. The average Bonchev–Trinajstić information content (AvgIpc) is 2.84. The summed E-state index contributed by atoms with van der Waals surface area (Å²) >= 11 is 0. The number of ether oxygens (including phenoxy) is 1. The molecule has 1 saturated carbocycles. The second-order valence-corrected chi connectivity index (χ2v) is 8.02. The second-order valence-electron chi connectivity index (χ2n) is 8.02. The van der Waals surface area contributed by atoms with Gasteiger partial charge in [-0.1, -0.05) is 49.2 Å². The van der Waals surface area contributed by atoms with Crippen LogP contribution < -0.4 is 0 Å². The average molecular weight is 348 g/mol. The molecule has 0 spiro atoms. The lowest BCUT2D eigenvalue weighted by Crippen LogP contribution is -2.40. The van der Waals surface area contributed by atoms with Crippen LogP contribution in [0.3, 0.4) is 0 Å². The molecule has 0 radical (unpaired) electrons. The Morgan fingerprint density at radius 1 is 1.08 bits per heavy atom. The van der Waals surface area contributed by atoms with Gasteiger partial charge in [-0.25, -0.2) is 4.79 Å². The summed E-state index contributed by atoms with van der Waals surface area (Å²) in [4.78, 5) is 12.0. The first-order valence-electron chi connectivity index (χ1n) is 9.98. The monoisotopic (exact) mass is 348 g/mol. The van der Waals surface area contributed by atoms with Gasteiger partial charge in [-0.05, 0) is 73.3 Å². The van der Waals surface area contributed by atoms with E-state index < -0.39 is 0 Å². The van der Waals surface area contributed by atoms with E-state index in [0.717, 1.165) is 18.8 Å². The Labute approximate surface area is 156 Å². The molecule has 2 aromatic carbocycles. The SMILES string of the molecule is COC(=O)c1ccc2c(c1)CCCC1CCCC[C@@]21Cc1ccccc1. The fourth-order valence-corrected chi connectivity index (χ4v) is 5.44. The van der Waals surface area contributed by atoms with E-state index in [4.69, 9.17) is 4.74 Å². The molecule has 4 rings (SSSR count). The summed E-state index contributed by atoms with van der Waals surface area (Å²) in [5.74, 6) is 0.524. The molecule has 0 aliphatic heterocycles. The van der Waals surface area contributed by atoms with Gasteiger partial charge in [-0.15, -0.1) is 0 Å². The minimum absolute atomic E-state index is 0.222. The maximum Gasteiger partial charge on any atom is 0.337 e. The summed E-state index contributed by atoms with van der Waals surface area (Å²) in [6.07, 6.45) is 9.98. The highest BCUT2D eigenvalue weighted by Gasteiger charge is 2.44. The molecule has 2 aliphatic carbocycles. The maximum atomic E-state index is 12.0. The summed E-state index contributed by atoms with van der Waals surface area (Å²) in [5.41, 5.74) is 5.21. The van der Waals surface area contributed by atoms with Gasteiger partial charge in [-0.2, -0.15) is 0 Å². The van der Waals surface area contributed by atoms with E-state index in [1.165, 1.54) is 62.3 Å². The van der Waals surface area contributed by atoms with Gasteiger partial charge in [0, 0.05) is 5.41 Å². The molecule has 1 unspecified atom stereocenters. The largest absolute Gasteiger partial charge is 0.465 e. The van der Waals surface area contributed by atoms with E-state index >= 15 is 0 Å². The number of methoxy groups -OCH3 is 1. The predicted molar refractivity (Wildman–Crippen MR) is 105 cm³/mol. The Morgan fingerprint density at radius 3 is 2.69 bits per heavy atom. The minimum Gasteiger partial charge on any atom is -0.465 e. The van der Waals surface area contributed by atoms with Gasteiger partial charge >= 0.3 is 5.97 Å². The predicted octanol–water partition coefficient (Wildman–Crippen LogP) is 5.48. The van der Waals surface area contributed by atoms with Crippen LogP contribution in [-0.2, 0) is 23.0 Å². The third kappa shape index (κ3) is 3.06. The number of carbonyl (C=O) groups excluding carboxylic acids is 1. The number of rotatable bonds is 3. The van der Waals surface area contributed by atoms with Crippen molar-refractivity contribution in [3.63, 3.8) is 0 Å². The Morgan fingerprint density at radius 2 is 1.88 bits per heavy atom. The smallest absolute Gasteiger partial charge is 0.337 e. The van der Waals surface area contributed by atoms with Crippen molar-refractivity contribution in [2.75, 3.05) is 7.11 Å². The minimum atomic E-state index is -0.227. The van der Waals surface area contributed by atoms with Crippen molar-refractivity contribution in [3.8, 4) is 0 Å². The van der Waals surface area contributed by atoms with Gasteiger partial charge < -0.3 is 4.74 Å². The molecule has 0 N–H and O–H groups in total. The van der Waals surface area contributed by atoms with Crippen molar-refractivity contribution in [1.82, 2.24) is 0 Å². The van der Waals surface area contributed by atoms with Crippen LogP contribution >= 0.6 is 0 Å². The van der Waals surface area contributed by atoms with Crippen molar-refractivity contribution in [2.45, 2.75) is 56.8 Å². The van der Waals surface area contributed by atoms with E-state index in [9.17, 15) is 4.79 Å². The van der Waals surface area contributed by atoms with Crippen molar-refractivity contribution in [1.29, 1.82) is 0 Å². The van der Waals surface area contributed by atoms with Crippen LogP contribution in [0.4, 0.5) is 0 Å². The van der Waals surface area contributed by atoms with Crippen LogP contribution in [0.15, 0.2) is 48.5 Å². The summed E-state index contributed by atoms with van der Waals surface area (Å²) in [7, 11) is 1.46. The van der Waals surface area contributed by atoms with E-state index in [0.29, 0.717) is 5.56 Å². The van der Waals surface area contributed by atoms with Crippen LogP contribution in [0.5, 0.6) is 0 Å². The van der Waals surface area contributed by atoms with Crippen LogP contribution in [0.2, 0.25) is 0 Å². The van der Waals surface area contributed by atoms with Crippen molar-refractivity contribution >= 4 is 5.97 Å². The molecule has 0 heterocycles. The van der Waals surface area contributed by atoms with Gasteiger partial charge in [0.1, 0.15) is 0 Å². The zero-order valence-electron chi connectivity index (χ0n) is 15.7. The second kappa shape index (κ2) is 7.26. The summed E-state index contributed by atoms with van der Waals surface area (Å²) in [6, 6.07) is 17.3. The molecule has 2 aliphatic rings. The lowest BCUT2D eigenvalue weighted by molar-refractivity contribution is 0.0600. The van der Waals surface area contributed by atoms with Crippen LogP contribution in [0.25, 0.3) is 0 Å². The molecule has 0 saturated heterocycles. The fourth-order valence-electron chi connectivity index (χ4n) is 5.44. The van der Waals surface area contributed by atoms with Crippen LogP contribution in [-0.4, -0.2) is 13.1 Å². The van der Waals surface area contributed by atoms with Gasteiger partial charge in [0.05, 0.1) is 12.7 Å². The number of carbonyl (C=O) groups is 1. The third-order valence-corrected chi connectivity index (χ3v) is 6.63. The molecule has 26 heavy (non-hydrogen) atoms. The molecule has 2 heteroatoms. The Balaban J connectivity index is 1.81. The summed E-state index contributed by atoms with van der Waals surface area (Å²) in [5, 5.41) is 0. The highest BCUT2D eigenvalue weighted by atomic mass is 16.5. The zero-order valence-corrected chi connectivity index (χ0v) is 15.7. The molecular formula is C24H28O2. The number of hydrogen-bond acceptors (Lipinski definition) is 2. The maximum absolute atomic E-state index is 12.0. The number of aryl methyl sites for hydroxylation is 1. The summed E-state index contributed by atoms with van der Waals surface area (Å²) < 4.78 is 4.95. The van der Waals surface area contributed by atoms with E-state index in [1.54, 1.807) is 0 Å². The molecule has 1 fully saturated rings. The first-order chi connectivity index (χ1) is 12.7. The molecular weight excluding hydrogens is 320 g/mol. The number of hydrogen-bond donors (Lipinski definition) is 0. The fraction of sp³-hybridized carbons (Fsp3) is 0.458. The topological polar surface area (TPSA) is 26.3 Å². The lowest BCUT2D eigenvalue weighted by atomic mass is 9.59. The Kier molecular flexibility index (Phi) is 4.84. The Hall–Kier alpha value is -2.09. The first kappa shape index (κ1) is 17.3. The molecule has 2 atom stereocenters. The normalized spacial score (nSPS) is 24.9. The van der Waals surface area contributed by atoms with Crippen molar-refractivity contribution in [2.24, 2.45) is 5.92 Å². The summed E-state index contributed by atoms with van der Waals surface area (Å²) in [6.45, 7) is 0. The molecule has 2 nitrogen and oxygen atoms in total. The molecule has 2 aromatic rings. The van der Waals surface area contributed by atoms with Gasteiger partial charge in [0.25, 0.3) is 0 Å². The zero-order chi connectivity index (χ0) is 18.0. The molecule has 136 valence electrons. The number of benzene rings is 2. The van der Waals surface area contributed by atoms with E-state index in [-0.39, 0.29) is 11.4 Å². The molecule has 0 aromatic heterocycles. The first-order valence-corrected chi connectivity index (χ1v) is 9.98. The molecule has 0 bridgehead atoms. The van der Waals surface area contributed by atoms with Gasteiger partial charge in [0.2, 0.25) is 0 Å².